The van der Waals surface area contributed by atoms with Crippen molar-refractivity contribution >= 4 is 11.8 Å². The largest absolute Gasteiger partial charge is 0.480 e. The Bertz CT molecular complexity index is 220. The van der Waals surface area contributed by atoms with E-state index in [2.05, 4.69) is 5.32 Å². The van der Waals surface area contributed by atoms with E-state index >= 15 is 0 Å². The molecule has 0 aromatic heterocycles. The van der Waals surface area contributed by atoms with Crippen molar-refractivity contribution in [1.29, 1.82) is 0 Å². The summed E-state index contributed by atoms with van der Waals surface area (Å²) in [5.41, 5.74) is 0.567. The summed E-state index contributed by atoms with van der Waals surface area (Å²) in [5, 5.41) is 11.1. The molecule has 1 atom stereocenters. The topological polar surface area (TPSA) is 66.4 Å². The summed E-state index contributed by atoms with van der Waals surface area (Å²) in [7, 11) is 0. The molecule has 0 aliphatic heterocycles. The van der Waals surface area contributed by atoms with Crippen LogP contribution < -0.4 is 5.32 Å². The van der Waals surface area contributed by atoms with E-state index in [1.165, 1.54) is 19.9 Å². The number of aliphatic carboxylic acids is 1. The third kappa shape index (κ3) is 4.49. The zero-order valence-electron chi connectivity index (χ0n) is 7.42. The fraction of sp³-hybridized carbons (Fsp3) is 0.500. The van der Waals surface area contributed by atoms with E-state index in [0.717, 1.165) is 0 Å². The van der Waals surface area contributed by atoms with E-state index in [-0.39, 0.29) is 5.78 Å². The van der Waals surface area contributed by atoms with Crippen molar-refractivity contribution in [3.8, 4) is 0 Å². The van der Waals surface area contributed by atoms with Crippen molar-refractivity contribution in [2.75, 3.05) is 0 Å². The Labute approximate surface area is 71.3 Å². The molecule has 1 unspecified atom stereocenters. The monoisotopic (exact) mass is 171 g/mol. The van der Waals surface area contributed by atoms with Gasteiger partial charge in [-0.05, 0) is 26.8 Å². The Balaban J connectivity index is 4.09. The zero-order chi connectivity index (χ0) is 9.72. The van der Waals surface area contributed by atoms with E-state index in [4.69, 9.17) is 5.11 Å². The molecule has 0 aromatic carbocycles. The van der Waals surface area contributed by atoms with Gasteiger partial charge in [-0.1, -0.05) is 0 Å². The molecule has 0 aromatic rings. The molecule has 0 spiro atoms. The second kappa shape index (κ2) is 4.54. The van der Waals surface area contributed by atoms with Gasteiger partial charge in [-0.3, -0.25) is 9.59 Å². The van der Waals surface area contributed by atoms with Gasteiger partial charge in [-0.25, -0.2) is 0 Å². The highest BCUT2D eigenvalue weighted by atomic mass is 16.4. The Morgan fingerprint density at radius 1 is 1.42 bits per heavy atom. The zero-order valence-corrected chi connectivity index (χ0v) is 7.42. The van der Waals surface area contributed by atoms with Crippen molar-refractivity contribution in [1.82, 2.24) is 5.32 Å². The van der Waals surface area contributed by atoms with E-state index in [1.54, 1.807) is 6.92 Å². The van der Waals surface area contributed by atoms with Gasteiger partial charge in [0.05, 0.1) is 0 Å². The Kier molecular flexibility index (Phi) is 4.04. The standard InChI is InChI=1S/C8H13NO3/c1-5(4-6(2)10)9-7(3)8(11)12/h4,7,9H,1-3H3,(H,11,12)/b5-4-. The molecule has 0 fully saturated rings. The molecule has 0 amide bonds. The number of ketones is 1. The molecule has 68 valence electrons. The van der Waals surface area contributed by atoms with Crippen molar-refractivity contribution in [2.45, 2.75) is 26.8 Å². The molecule has 0 aliphatic rings. The average molecular weight is 171 g/mol. The Morgan fingerprint density at radius 3 is 2.25 bits per heavy atom. The van der Waals surface area contributed by atoms with Gasteiger partial charge in [0.15, 0.2) is 5.78 Å². The number of carboxylic acid groups (broad SMARTS) is 1. The summed E-state index contributed by atoms with van der Waals surface area (Å²) >= 11 is 0. The van der Waals surface area contributed by atoms with Gasteiger partial charge < -0.3 is 10.4 Å². The van der Waals surface area contributed by atoms with Crippen LogP contribution >= 0.6 is 0 Å². The second-order valence-electron chi connectivity index (χ2n) is 2.64. The molecule has 0 saturated heterocycles. The van der Waals surface area contributed by atoms with Gasteiger partial charge in [0.1, 0.15) is 6.04 Å². The van der Waals surface area contributed by atoms with Crippen molar-refractivity contribution < 1.29 is 14.7 Å². The maximum Gasteiger partial charge on any atom is 0.325 e. The van der Waals surface area contributed by atoms with Gasteiger partial charge >= 0.3 is 5.97 Å². The highest BCUT2D eigenvalue weighted by Crippen LogP contribution is 1.91. The van der Waals surface area contributed by atoms with Crippen LogP contribution in [0.4, 0.5) is 0 Å². The lowest BCUT2D eigenvalue weighted by Gasteiger charge is -2.09. The number of carbonyl (C=O) groups excluding carboxylic acids is 1. The highest BCUT2D eigenvalue weighted by Gasteiger charge is 2.09. The maximum absolute atomic E-state index is 10.5. The molecule has 12 heavy (non-hydrogen) atoms. The van der Waals surface area contributed by atoms with Crippen LogP contribution in [0, 0.1) is 0 Å². The molecule has 0 radical (unpaired) electrons. The minimum atomic E-state index is -0.939. The molecule has 0 aliphatic carbocycles. The van der Waals surface area contributed by atoms with E-state index in [0.29, 0.717) is 5.70 Å². The first-order valence-corrected chi connectivity index (χ1v) is 3.61. The quantitative estimate of drug-likeness (QED) is 0.606. The lowest BCUT2D eigenvalue weighted by molar-refractivity contribution is -0.138. The molecule has 0 heterocycles. The van der Waals surface area contributed by atoms with E-state index in [1.807, 2.05) is 0 Å². The second-order valence-corrected chi connectivity index (χ2v) is 2.64. The van der Waals surface area contributed by atoms with Gasteiger partial charge in [0, 0.05) is 5.70 Å². The molecule has 4 nitrogen and oxygen atoms in total. The maximum atomic E-state index is 10.5. The molecule has 0 rings (SSSR count). The lowest BCUT2D eigenvalue weighted by Crippen LogP contribution is -2.32. The first-order valence-electron chi connectivity index (χ1n) is 3.61. The van der Waals surface area contributed by atoms with Crippen molar-refractivity contribution in [2.24, 2.45) is 0 Å². The van der Waals surface area contributed by atoms with Crippen LogP contribution in [0.2, 0.25) is 0 Å². The minimum Gasteiger partial charge on any atom is -0.480 e. The van der Waals surface area contributed by atoms with Crippen molar-refractivity contribution in [3.63, 3.8) is 0 Å². The third-order valence-electron chi connectivity index (χ3n) is 1.23. The average Bonchev–Trinajstić information content (AvgIpc) is 1.84. The smallest absolute Gasteiger partial charge is 0.325 e. The van der Waals surface area contributed by atoms with Gasteiger partial charge in [-0.15, -0.1) is 0 Å². The van der Waals surface area contributed by atoms with Crippen LogP contribution in [-0.4, -0.2) is 22.9 Å². The summed E-state index contributed by atoms with van der Waals surface area (Å²) in [4.78, 5) is 20.9. The predicted molar refractivity (Wildman–Crippen MR) is 44.7 cm³/mol. The number of rotatable bonds is 4. The molecule has 0 bridgehead atoms. The van der Waals surface area contributed by atoms with E-state index < -0.39 is 12.0 Å². The first kappa shape index (κ1) is 10.7. The molecule has 2 N–H and O–H groups in total. The summed E-state index contributed by atoms with van der Waals surface area (Å²) in [6.45, 7) is 4.58. The number of carboxylic acids is 1. The van der Waals surface area contributed by atoms with Crippen LogP contribution in [0.25, 0.3) is 0 Å². The third-order valence-corrected chi connectivity index (χ3v) is 1.23. The summed E-state index contributed by atoms with van der Waals surface area (Å²) in [6, 6.07) is -0.666. The fourth-order valence-corrected chi connectivity index (χ4v) is 0.750. The fourth-order valence-electron chi connectivity index (χ4n) is 0.750. The number of allylic oxidation sites excluding steroid dienone is 2. The SMILES string of the molecule is CC(=O)/C=C(/C)NC(C)C(=O)O. The highest BCUT2D eigenvalue weighted by molar-refractivity contribution is 5.87. The predicted octanol–water partition coefficient (Wildman–Crippen LogP) is 0.542. The number of hydrogen-bond acceptors (Lipinski definition) is 3. The summed E-state index contributed by atoms with van der Waals surface area (Å²) in [5.74, 6) is -1.04. The van der Waals surface area contributed by atoms with Crippen LogP contribution in [0.5, 0.6) is 0 Å². The van der Waals surface area contributed by atoms with Crippen LogP contribution in [-0.2, 0) is 9.59 Å². The van der Waals surface area contributed by atoms with Gasteiger partial charge in [0.25, 0.3) is 0 Å². The number of hydrogen-bond donors (Lipinski definition) is 2. The summed E-state index contributed by atoms with van der Waals surface area (Å²) in [6.07, 6.45) is 1.36. The molecular weight excluding hydrogens is 158 g/mol. The van der Waals surface area contributed by atoms with Crippen LogP contribution in [0.15, 0.2) is 11.8 Å². The normalized spacial score (nSPS) is 13.8. The Hall–Kier alpha value is -1.32. The number of nitrogens with one attached hydrogen (secondary N) is 1. The Morgan fingerprint density at radius 2 is 1.92 bits per heavy atom. The van der Waals surface area contributed by atoms with Crippen LogP contribution in [0.3, 0.4) is 0 Å². The van der Waals surface area contributed by atoms with Gasteiger partial charge in [0.2, 0.25) is 0 Å². The summed E-state index contributed by atoms with van der Waals surface area (Å²) < 4.78 is 0. The minimum absolute atomic E-state index is 0.0995. The molecule has 4 heteroatoms. The van der Waals surface area contributed by atoms with Crippen LogP contribution in [0.1, 0.15) is 20.8 Å². The first-order chi connectivity index (χ1) is 5.43. The molecular formula is C8H13NO3. The van der Waals surface area contributed by atoms with E-state index in [9.17, 15) is 9.59 Å². The van der Waals surface area contributed by atoms with Gasteiger partial charge in [-0.2, -0.15) is 0 Å². The number of carbonyl (C=O) groups is 2. The lowest BCUT2D eigenvalue weighted by atomic mass is 10.3. The van der Waals surface area contributed by atoms with Crippen molar-refractivity contribution in [3.05, 3.63) is 11.8 Å². The molecule has 0 saturated carbocycles.